The largest absolute Gasteiger partial charge is 0.481 e. The average Bonchev–Trinajstić information content (AvgIpc) is 2.01. The Morgan fingerprint density at radius 1 is 1.54 bits per heavy atom. The Balaban J connectivity index is 4.24. The standard InChI is InChI=1S/C10H21NO2/c1-6-10(3,4)11(5)8(2)7-9(12)13/h8H,6-7H2,1-5H3,(H,12,13). The van der Waals surface area contributed by atoms with E-state index >= 15 is 0 Å². The molecule has 3 heteroatoms. The van der Waals surface area contributed by atoms with E-state index in [0.717, 1.165) is 6.42 Å². The quantitative estimate of drug-likeness (QED) is 0.715. The summed E-state index contributed by atoms with van der Waals surface area (Å²) in [6.45, 7) is 8.33. The monoisotopic (exact) mass is 187 g/mol. The lowest BCUT2D eigenvalue weighted by Crippen LogP contribution is -2.46. The molecule has 0 aliphatic rings. The van der Waals surface area contributed by atoms with Gasteiger partial charge in [0.25, 0.3) is 0 Å². The summed E-state index contributed by atoms with van der Waals surface area (Å²) in [5.74, 6) is -0.730. The zero-order valence-corrected chi connectivity index (χ0v) is 9.29. The maximum atomic E-state index is 10.5. The van der Waals surface area contributed by atoms with E-state index in [9.17, 15) is 4.79 Å². The van der Waals surface area contributed by atoms with Gasteiger partial charge in [0.05, 0.1) is 6.42 Å². The first-order valence-corrected chi connectivity index (χ1v) is 4.76. The van der Waals surface area contributed by atoms with Gasteiger partial charge in [-0.3, -0.25) is 9.69 Å². The second-order valence-corrected chi connectivity index (χ2v) is 4.22. The molecule has 0 amide bonds. The minimum atomic E-state index is -0.730. The van der Waals surface area contributed by atoms with Crippen LogP contribution >= 0.6 is 0 Å². The fraction of sp³-hybridized carbons (Fsp3) is 0.900. The normalized spacial score (nSPS) is 14.6. The Kier molecular flexibility index (Phi) is 4.40. The number of hydrogen-bond acceptors (Lipinski definition) is 2. The fourth-order valence-corrected chi connectivity index (χ4v) is 1.24. The molecule has 0 aromatic heterocycles. The van der Waals surface area contributed by atoms with Crippen molar-refractivity contribution in [2.45, 2.75) is 52.1 Å². The highest BCUT2D eigenvalue weighted by molar-refractivity contribution is 5.67. The van der Waals surface area contributed by atoms with Gasteiger partial charge in [0.2, 0.25) is 0 Å². The summed E-state index contributed by atoms with van der Waals surface area (Å²) >= 11 is 0. The lowest BCUT2D eigenvalue weighted by atomic mass is 9.97. The summed E-state index contributed by atoms with van der Waals surface area (Å²) in [7, 11) is 1.98. The summed E-state index contributed by atoms with van der Waals surface area (Å²) in [6, 6.07) is 0.0902. The Morgan fingerprint density at radius 3 is 2.31 bits per heavy atom. The molecule has 3 nitrogen and oxygen atoms in total. The minimum Gasteiger partial charge on any atom is -0.481 e. The molecule has 1 unspecified atom stereocenters. The van der Waals surface area contributed by atoms with Crippen LogP contribution in [0.1, 0.15) is 40.5 Å². The molecule has 0 fully saturated rings. The molecule has 0 rings (SSSR count). The van der Waals surface area contributed by atoms with Crippen molar-refractivity contribution < 1.29 is 9.90 Å². The number of hydrogen-bond donors (Lipinski definition) is 1. The van der Waals surface area contributed by atoms with Crippen LogP contribution in [-0.4, -0.2) is 34.6 Å². The topological polar surface area (TPSA) is 40.5 Å². The van der Waals surface area contributed by atoms with Crippen LogP contribution in [0.2, 0.25) is 0 Å². The maximum Gasteiger partial charge on any atom is 0.304 e. The van der Waals surface area contributed by atoms with E-state index in [2.05, 4.69) is 25.7 Å². The van der Waals surface area contributed by atoms with E-state index in [1.807, 2.05) is 14.0 Å². The van der Waals surface area contributed by atoms with Gasteiger partial charge in [-0.2, -0.15) is 0 Å². The van der Waals surface area contributed by atoms with E-state index in [-0.39, 0.29) is 18.0 Å². The summed E-state index contributed by atoms with van der Waals surface area (Å²) in [5, 5.41) is 8.64. The first kappa shape index (κ1) is 12.4. The summed E-state index contributed by atoms with van der Waals surface area (Å²) in [4.78, 5) is 12.6. The molecule has 0 radical (unpaired) electrons. The first-order valence-electron chi connectivity index (χ1n) is 4.76. The highest BCUT2D eigenvalue weighted by Gasteiger charge is 2.26. The number of rotatable bonds is 5. The molecule has 0 aromatic carbocycles. The van der Waals surface area contributed by atoms with Crippen molar-refractivity contribution in [1.29, 1.82) is 0 Å². The molecule has 1 atom stereocenters. The Hall–Kier alpha value is -0.570. The fourth-order valence-electron chi connectivity index (χ4n) is 1.24. The molecule has 0 bridgehead atoms. The lowest BCUT2D eigenvalue weighted by Gasteiger charge is -2.38. The van der Waals surface area contributed by atoms with Crippen LogP contribution in [0.5, 0.6) is 0 Å². The first-order chi connectivity index (χ1) is 5.81. The summed E-state index contributed by atoms with van der Waals surface area (Å²) < 4.78 is 0. The number of nitrogens with zero attached hydrogens (tertiary/aromatic N) is 1. The van der Waals surface area contributed by atoms with Gasteiger partial charge in [-0.25, -0.2) is 0 Å². The van der Waals surface area contributed by atoms with Gasteiger partial charge in [-0.1, -0.05) is 6.92 Å². The van der Waals surface area contributed by atoms with Gasteiger partial charge < -0.3 is 5.11 Å². The molecular formula is C10H21NO2. The van der Waals surface area contributed by atoms with Gasteiger partial charge >= 0.3 is 5.97 Å². The highest BCUT2D eigenvalue weighted by atomic mass is 16.4. The van der Waals surface area contributed by atoms with Gasteiger partial charge in [0, 0.05) is 11.6 Å². The smallest absolute Gasteiger partial charge is 0.304 e. The van der Waals surface area contributed by atoms with Crippen molar-refractivity contribution in [3.63, 3.8) is 0 Å². The van der Waals surface area contributed by atoms with Crippen LogP contribution in [0.3, 0.4) is 0 Å². The van der Waals surface area contributed by atoms with Crippen molar-refractivity contribution in [3.8, 4) is 0 Å². The molecule has 0 heterocycles. The van der Waals surface area contributed by atoms with Gasteiger partial charge in [-0.05, 0) is 34.2 Å². The van der Waals surface area contributed by atoms with Crippen LogP contribution in [-0.2, 0) is 4.79 Å². The van der Waals surface area contributed by atoms with Crippen LogP contribution in [0.15, 0.2) is 0 Å². The summed E-state index contributed by atoms with van der Waals surface area (Å²) in [5.41, 5.74) is 0.0782. The van der Waals surface area contributed by atoms with Crippen molar-refractivity contribution in [3.05, 3.63) is 0 Å². The number of aliphatic carboxylic acids is 1. The Labute approximate surface area is 80.7 Å². The van der Waals surface area contributed by atoms with E-state index in [0.29, 0.717) is 0 Å². The van der Waals surface area contributed by atoms with Crippen molar-refractivity contribution in [1.82, 2.24) is 4.90 Å². The lowest BCUT2D eigenvalue weighted by molar-refractivity contribution is -0.138. The van der Waals surface area contributed by atoms with Crippen LogP contribution in [0.4, 0.5) is 0 Å². The van der Waals surface area contributed by atoms with Crippen LogP contribution in [0.25, 0.3) is 0 Å². The van der Waals surface area contributed by atoms with Gasteiger partial charge in [0.1, 0.15) is 0 Å². The molecule has 1 N–H and O–H groups in total. The molecule has 13 heavy (non-hydrogen) atoms. The number of carboxylic acid groups (broad SMARTS) is 1. The van der Waals surface area contributed by atoms with Crippen LogP contribution in [0, 0.1) is 0 Å². The number of carboxylic acids is 1. The third kappa shape index (κ3) is 3.77. The molecule has 0 aromatic rings. The SMILES string of the molecule is CCC(C)(C)N(C)C(C)CC(=O)O. The number of carbonyl (C=O) groups is 1. The predicted molar refractivity (Wildman–Crippen MR) is 53.8 cm³/mol. The van der Waals surface area contributed by atoms with E-state index < -0.39 is 5.97 Å². The second kappa shape index (κ2) is 4.61. The van der Waals surface area contributed by atoms with Crippen molar-refractivity contribution in [2.24, 2.45) is 0 Å². The molecule has 0 aliphatic carbocycles. The third-order valence-electron chi connectivity index (χ3n) is 2.95. The van der Waals surface area contributed by atoms with E-state index in [1.165, 1.54) is 0 Å². The van der Waals surface area contributed by atoms with Crippen LogP contribution < -0.4 is 0 Å². The third-order valence-corrected chi connectivity index (χ3v) is 2.95. The van der Waals surface area contributed by atoms with Gasteiger partial charge in [-0.15, -0.1) is 0 Å². The highest BCUT2D eigenvalue weighted by Crippen LogP contribution is 2.20. The van der Waals surface area contributed by atoms with Gasteiger partial charge in [0.15, 0.2) is 0 Å². The van der Waals surface area contributed by atoms with E-state index in [4.69, 9.17) is 5.11 Å². The molecule has 0 aliphatic heterocycles. The Bertz CT molecular complexity index is 178. The molecule has 78 valence electrons. The zero-order chi connectivity index (χ0) is 10.6. The van der Waals surface area contributed by atoms with Crippen molar-refractivity contribution in [2.75, 3.05) is 7.05 Å². The molecule has 0 saturated carbocycles. The average molecular weight is 187 g/mol. The molecule has 0 saturated heterocycles. The molecule has 0 spiro atoms. The Morgan fingerprint density at radius 2 is 2.00 bits per heavy atom. The molecular weight excluding hydrogens is 166 g/mol. The zero-order valence-electron chi connectivity index (χ0n) is 9.29. The van der Waals surface area contributed by atoms with E-state index in [1.54, 1.807) is 0 Å². The second-order valence-electron chi connectivity index (χ2n) is 4.22. The minimum absolute atomic E-state index is 0.0782. The predicted octanol–water partition coefficient (Wildman–Crippen LogP) is 1.97. The summed E-state index contributed by atoms with van der Waals surface area (Å²) in [6.07, 6.45) is 1.23. The van der Waals surface area contributed by atoms with Crippen molar-refractivity contribution >= 4 is 5.97 Å². The maximum absolute atomic E-state index is 10.5.